The van der Waals surface area contributed by atoms with Gasteiger partial charge in [0.2, 0.25) is 11.8 Å². The SMILES string of the molecule is CC(C)NC(=O)C(C)C1CCC2(C)CCC(NC(=O)C3CC3)C(C)C2C1O. The highest BCUT2D eigenvalue weighted by Gasteiger charge is 2.54. The normalized spacial score (nSPS) is 40.2. The van der Waals surface area contributed by atoms with Crippen LogP contribution in [0.4, 0.5) is 0 Å². The van der Waals surface area contributed by atoms with Gasteiger partial charge in [-0.25, -0.2) is 0 Å². The fraction of sp³-hybridized carbons (Fsp3) is 0.909. The molecule has 0 aliphatic heterocycles. The number of carbonyl (C=O) groups is 2. The summed E-state index contributed by atoms with van der Waals surface area (Å²) in [5.41, 5.74) is 0.102. The Hall–Kier alpha value is -1.10. The predicted octanol–water partition coefficient (Wildman–Crippen LogP) is 2.87. The first-order chi connectivity index (χ1) is 12.6. The number of aliphatic hydroxyl groups excluding tert-OH is 1. The largest absolute Gasteiger partial charge is 0.392 e. The zero-order valence-corrected chi connectivity index (χ0v) is 17.6. The maximum absolute atomic E-state index is 12.5. The van der Waals surface area contributed by atoms with E-state index in [0.29, 0.717) is 0 Å². The Labute approximate surface area is 164 Å². The molecule has 0 saturated heterocycles. The number of hydrogen-bond acceptors (Lipinski definition) is 3. The van der Waals surface area contributed by atoms with Crippen LogP contribution in [-0.2, 0) is 9.59 Å². The van der Waals surface area contributed by atoms with Crippen molar-refractivity contribution in [3.63, 3.8) is 0 Å². The summed E-state index contributed by atoms with van der Waals surface area (Å²) >= 11 is 0. The molecule has 2 amide bonds. The second kappa shape index (κ2) is 7.73. The van der Waals surface area contributed by atoms with Crippen molar-refractivity contribution < 1.29 is 14.7 Å². The van der Waals surface area contributed by atoms with Crippen LogP contribution in [0.25, 0.3) is 0 Å². The third kappa shape index (κ3) is 4.18. The van der Waals surface area contributed by atoms with Gasteiger partial charge < -0.3 is 15.7 Å². The maximum Gasteiger partial charge on any atom is 0.223 e. The van der Waals surface area contributed by atoms with Gasteiger partial charge in [-0.3, -0.25) is 9.59 Å². The van der Waals surface area contributed by atoms with Crippen LogP contribution in [-0.4, -0.2) is 35.1 Å². The van der Waals surface area contributed by atoms with Crippen LogP contribution in [0.5, 0.6) is 0 Å². The minimum atomic E-state index is -0.493. The lowest BCUT2D eigenvalue weighted by Crippen LogP contribution is -2.58. The van der Waals surface area contributed by atoms with Crippen LogP contribution >= 0.6 is 0 Å². The Balaban J connectivity index is 1.72. The van der Waals surface area contributed by atoms with Crippen molar-refractivity contribution in [2.75, 3.05) is 0 Å². The molecule has 0 spiro atoms. The first-order valence-electron chi connectivity index (χ1n) is 10.9. The number of hydrogen-bond donors (Lipinski definition) is 3. The molecule has 0 aromatic rings. The van der Waals surface area contributed by atoms with Crippen LogP contribution in [0.3, 0.4) is 0 Å². The maximum atomic E-state index is 12.5. The molecule has 0 radical (unpaired) electrons. The summed E-state index contributed by atoms with van der Waals surface area (Å²) in [6.45, 7) is 10.4. The number of carbonyl (C=O) groups excluding carboxylic acids is 2. The number of aliphatic hydroxyl groups is 1. The van der Waals surface area contributed by atoms with Crippen LogP contribution in [0.15, 0.2) is 0 Å². The van der Waals surface area contributed by atoms with Crippen molar-refractivity contribution in [1.82, 2.24) is 10.6 Å². The zero-order chi connectivity index (χ0) is 19.9. The van der Waals surface area contributed by atoms with Gasteiger partial charge in [-0.2, -0.15) is 0 Å². The van der Waals surface area contributed by atoms with E-state index in [9.17, 15) is 14.7 Å². The summed E-state index contributed by atoms with van der Waals surface area (Å²) in [7, 11) is 0. The number of amides is 2. The predicted molar refractivity (Wildman–Crippen MR) is 106 cm³/mol. The van der Waals surface area contributed by atoms with Crippen LogP contribution in [0.1, 0.15) is 73.1 Å². The minimum Gasteiger partial charge on any atom is -0.392 e. The molecule has 0 bridgehead atoms. The van der Waals surface area contributed by atoms with E-state index >= 15 is 0 Å². The van der Waals surface area contributed by atoms with E-state index in [2.05, 4.69) is 24.5 Å². The minimum absolute atomic E-state index is 0.0119. The first-order valence-corrected chi connectivity index (χ1v) is 10.9. The van der Waals surface area contributed by atoms with Crippen LogP contribution in [0.2, 0.25) is 0 Å². The van der Waals surface area contributed by atoms with Crippen molar-refractivity contribution in [2.24, 2.45) is 35.0 Å². The van der Waals surface area contributed by atoms with Gasteiger partial charge in [-0.05, 0) is 75.5 Å². The molecule has 0 heterocycles. The fourth-order valence-electron chi connectivity index (χ4n) is 5.75. The fourth-order valence-corrected chi connectivity index (χ4v) is 5.75. The summed E-state index contributed by atoms with van der Waals surface area (Å²) in [5.74, 6) is 0.604. The van der Waals surface area contributed by atoms with Crippen molar-refractivity contribution in [3.8, 4) is 0 Å². The highest BCUT2D eigenvalue weighted by molar-refractivity contribution is 5.81. The molecule has 3 rings (SSSR count). The van der Waals surface area contributed by atoms with Gasteiger partial charge in [0.1, 0.15) is 0 Å². The molecule has 5 heteroatoms. The molecule has 3 fully saturated rings. The molecule has 154 valence electrons. The van der Waals surface area contributed by atoms with Crippen LogP contribution in [0, 0.1) is 35.0 Å². The molecule has 3 aliphatic rings. The van der Waals surface area contributed by atoms with E-state index in [1.54, 1.807) is 0 Å². The Morgan fingerprint density at radius 3 is 2.30 bits per heavy atom. The zero-order valence-electron chi connectivity index (χ0n) is 17.6. The average Bonchev–Trinajstić information content (AvgIpc) is 3.41. The highest BCUT2D eigenvalue weighted by Crippen LogP contribution is 2.55. The lowest BCUT2D eigenvalue weighted by molar-refractivity contribution is -0.144. The van der Waals surface area contributed by atoms with Crippen LogP contribution < -0.4 is 10.6 Å². The number of rotatable bonds is 5. The molecule has 7 unspecified atom stereocenters. The van der Waals surface area contributed by atoms with Gasteiger partial charge in [0.15, 0.2) is 0 Å². The Morgan fingerprint density at radius 1 is 1.07 bits per heavy atom. The number of nitrogens with one attached hydrogen (secondary N) is 2. The molecule has 3 aliphatic carbocycles. The summed E-state index contributed by atoms with van der Waals surface area (Å²) in [5, 5.41) is 17.6. The molecule has 5 nitrogen and oxygen atoms in total. The average molecular weight is 379 g/mol. The summed E-state index contributed by atoms with van der Waals surface area (Å²) < 4.78 is 0. The first kappa shape index (κ1) is 20.6. The second-order valence-corrected chi connectivity index (χ2v) is 10.1. The lowest BCUT2D eigenvalue weighted by atomic mass is 9.51. The van der Waals surface area contributed by atoms with Crippen molar-refractivity contribution >= 4 is 11.8 Å². The summed E-state index contributed by atoms with van der Waals surface area (Å²) in [4.78, 5) is 24.8. The third-order valence-electron chi connectivity index (χ3n) is 7.65. The van der Waals surface area contributed by atoms with Crippen molar-refractivity contribution in [1.29, 1.82) is 0 Å². The number of fused-ring (bicyclic) bond motifs is 1. The van der Waals surface area contributed by atoms with E-state index in [0.717, 1.165) is 38.5 Å². The molecule has 27 heavy (non-hydrogen) atoms. The molecular formula is C22H38N2O3. The molecule has 3 saturated carbocycles. The monoisotopic (exact) mass is 378 g/mol. The molecule has 0 aromatic heterocycles. The Bertz CT molecular complexity index is 574. The van der Waals surface area contributed by atoms with Gasteiger partial charge in [0.05, 0.1) is 6.10 Å². The molecule has 0 aromatic carbocycles. The smallest absolute Gasteiger partial charge is 0.223 e. The summed E-state index contributed by atoms with van der Waals surface area (Å²) in [6, 6.07) is 0.256. The summed E-state index contributed by atoms with van der Waals surface area (Å²) in [6.07, 6.45) is 5.51. The molecule has 7 atom stereocenters. The standard InChI is InChI=1S/C22H38N2O3/c1-12(2)23-20(26)13(3)16-8-10-22(5)11-9-17(14(4)18(22)19(16)25)24-21(27)15-6-7-15/h12-19,25H,6-11H2,1-5H3,(H,23,26)(H,24,27). The van der Waals surface area contributed by atoms with E-state index in [1.807, 2.05) is 20.8 Å². The van der Waals surface area contributed by atoms with Crippen molar-refractivity contribution in [3.05, 3.63) is 0 Å². The van der Waals surface area contributed by atoms with E-state index < -0.39 is 6.10 Å². The quantitative estimate of drug-likeness (QED) is 0.688. The van der Waals surface area contributed by atoms with E-state index in [-0.39, 0.29) is 58.9 Å². The highest BCUT2D eigenvalue weighted by atomic mass is 16.3. The van der Waals surface area contributed by atoms with Gasteiger partial charge in [-0.1, -0.05) is 20.8 Å². The molecular weight excluding hydrogens is 340 g/mol. The van der Waals surface area contributed by atoms with E-state index in [1.165, 1.54) is 0 Å². The lowest BCUT2D eigenvalue weighted by Gasteiger charge is -2.56. The van der Waals surface area contributed by atoms with Gasteiger partial charge in [-0.15, -0.1) is 0 Å². The van der Waals surface area contributed by atoms with E-state index in [4.69, 9.17) is 0 Å². The van der Waals surface area contributed by atoms with Gasteiger partial charge in [0, 0.05) is 23.9 Å². The van der Waals surface area contributed by atoms with Crippen molar-refractivity contribution in [2.45, 2.75) is 91.3 Å². The Morgan fingerprint density at radius 2 is 1.70 bits per heavy atom. The molecule has 3 N–H and O–H groups in total. The second-order valence-electron chi connectivity index (χ2n) is 10.1. The topological polar surface area (TPSA) is 78.4 Å². The van der Waals surface area contributed by atoms with Gasteiger partial charge >= 0.3 is 0 Å². The van der Waals surface area contributed by atoms with Gasteiger partial charge in [0.25, 0.3) is 0 Å². The Kier molecular flexibility index (Phi) is 5.90. The third-order valence-corrected chi connectivity index (χ3v) is 7.65.